The summed E-state index contributed by atoms with van der Waals surface area (Å²) in [5, 5.41) is 10.8. The summed E-state index contributed by atoms with van der Waals surface area (Å²) in [7, 11) is 0. The number of rotatable bonds is 6. The van der Waals surface area contributed by atoms with E-state index in [-0.39, 0.29) is 11.3 Å². The van der Waals surface area contributed by atoms with E-state index in [0.717, 1.165) is 0 Å². The van der Waals surface area contributed by atoms with Crippen LogP contribution in [0.3, 0.4) is 0 Å². The molecule has 5 heteroatoms. The van der Waals surface area contributed by atoms with Gasteiger partial charge >= 0.3 is 0 Å². The van der Waals surface area contributed by atoms with Gasteiger partial charge in [0.1, 0.15) is 5.76 Å². The fourth-order valence-corrected chi connectivity index (χ4v) is 1.89. The third kappa shape index (κ3) is 2.94. The average Bonchev–Trinajstić information content (AvgIpc) is 2.83. The third-order valence-electron chi connectivity index (χ3n) is 2.73. The van der Waals surface area contributed by atoms with Gasteiger partial charge in [0, 0.05) is 18.6 Å². The Labute approximate surface area is 110 Å². The number of hydrogen-bond donors (Lipinski definition) is 1. The van der Waals surface area contributed by atoms with Gasteiger partial charge < -0.3 is 19.0 Å². The van der Waals surface area contributed by atoms with E-state index in [4.69, 9.17) is 13.9 Å². The van der Waals surface area contributed by atoms with Crippen LogP contribution in [-0.2, 0) is 9.47 Å². The smallest absolute Gasteiger partial charge is 0.190 e. The molecule has 4 nitrogen and oxygen atoms in total. The van der Waals surface area contributed by atoms with Gasteiger partial charge in [0.15, 0.2) is 23.8 Å². The zero-order chi connectivity index (χ0) is 13.8. The van der Waals surface area contributed by atoms with Crippen LogP contribution in [0.15, 0.2) is 28.7 Å². The molecular weight excluding hydrogens is 251 g/mol. The van der Waals surface area contributed by atoms with Crippen LogP contribution in [0.2, 0.25) is 0 Å². The Bertz CT molecular complexity index is 531. The van der Waals surface area contributed by atoms with E-state index in [2.05, 4.69) is 0 Å². The van der Waals surface area contributed by atoms with Crippen LogP contribution in [-0.4, -0.2) is 24.6 Å². The van der Waals surface area contributed by atoms with Crippen LogP contribution in [0.4, 0.5) is 4.39 Å². The molecule has 0 aliphatic rings. The van der Waals surface area contributed by atoms with Crippen LogP contribution < -0.4 is 0 Å². The first-order chi connectivity index (χ1) is 9.17. The maximum absolute atomic E-state index is 13.5. The zero-order valence-electron chi connectivity index (χ0n) is 10.9. The number of aliphatic hydroxyl groups excluding tert-OH is 1. The number of furan rings is 1. The minimum atomic E-state index is -1.09. The normalized spacial score (nSPS) is 13.3. The second-order valence-corrected chi connectivity index (χ2v) is 4.03. The summed E-state index contributed by atoms with van der Waals surface area (Å²) < 4.78 is 29.5. The highest BCUT2D eigenvalue weighted by Crippen LogP contribution is 2.28. The van der Waals surface area contributed by atoms with Gasteiger partial charge in [0.25, 0.3) is 0 Å². The molecule has 2 aromatic rings. The van der Waals surface area contributed by atoms with Crippen molar-refractivity contribution in [1.82, 2.24) is 0 Å². The highest BCUT2D eigenvalue weighted by atomic mass is 19.1. The van der Waals surface area contributed by atoms with E-state index < -0.39 is 18.2 Å². The van der Waals surface area contributed by atoms with E-state index in [9.17, 15) is 9.50 Å². The van der Waals surface area contributed by atoms with Crippen molar-refractivity contribution in [3.8, 4) is 0 Å². The summed E-state index contributed by atoms with van der Waals surface area (Å²) in [6, 6.07) is 6.21. The maximum Gasteiger partial charge on any atom is 0.190 e. The van der Waals surface area contributed by atoms with Crippen molar-refractivity contribution in [2.75, 3.05) is 13.2 Å². The molecule has 1 heterocycles. The van der Waals surface area contributed by atoms with E-state index in [1.165, 1.54) is 6.07 Å². The van der Waals surface area contributed by atoms with Crippen LogP contribution >= 0.6 is 0 Å². The topological polar surface area (TPSA) is 51.8 Å². The van der Waals surface area contributed by atoms with Crippen LogP contribution in [0, 0.1) is 5.82 Å². The van der Waals surface area contributed by atoms with Gasteiger partial charge in [-0.3, -0.25) is 0 Å². The monoisotopic (exact) mass is 268 g/mol. The number of hydrogen-bond acceptors (Lipinski definition) is 4. The Balaban J connectivity index is 2.29. The molecular formula is C14H17FO4. The highest BCUT2D eigenvalue weighted by molar-refractivity contribution is 5.78. The first kappa shape index (κ1) is 14.0. The lowest BCUT2D eigenvalue weighted by Crippen LogP contribution is -2.25. The summed E-state index contributed by atoms with van der Waals surface area (Å²) in [5.74, 6) is -0.229. The molecule has 0 spiro atoms. The summed E-state index contributed by atoms with van der Waals surface area (Å²) in [6.45, 7) is 4.40. The second kappa shape index (κ2) is 6.14. The summed E-state index contributed by atoms with van der Waals surface area (Å²) in [6.07, 6.45) is -1.91. The van der Waals surface area contributed by atoms with Crippen LogP contribution in [0.5, 0.6) is 0 Å². The van der Waals surface area contributed by atoms with Gasteiger partial charge in [-0.2, -0.15) is 0 Å². The Kier molecular flexibility index (Phi) is 4.52. The Hall–Kier alpha value is -1.43. The molecule has 0 bridgehead atoms. The van der Waals surface area contributed by atoms with Gasteiger partial charge in [-0.25, -0.2) is 4.39 Å². The van der Waals surface area contributed by atoms with Crippen molar-refractivity contribution < 1.29 is 23.4 Å². The van der Waals surface area contributed by atoms with E-state index >= 15 is 0 Å². The van der Waals surface area contributed by atoms with Crippen molar-refractivity contribution >= 4 is 11.0 Å². The summed E-state index contributed by atoms with van der Waals surface area (Å²) in [5.41, 5.74) is 0.128. The predicted octanol–water partition coefficient (Wildman–Crippen LogP) is 3.00. The quantitative estimate of drug-likeness (QED) is 0.818. The minimum absolute atomic E-state index is 0.128. The number of fused-ring (bicyclic) bond motifs is 1. The van der Waals surface area contributed by atoms with Gasteiger partial charge in [-0.1, -0.05) is 12.1 Å². The number of ether oxygens (including phenoxy) is 2. The van der Waals surface area contributed by atoms with Gasteiger partial charge in [0.2, 0.25) is 0 Å². The van der Waals surface area contributed by atoms with Crippen molar-refractivity contribution in [2.24, 2.45) is 0 Å². The fourth-order valence-electron chi connectivity index (χ4n) is 1.89. The Morgan fingerprint density at radius 1 is 1.26 bits per heavy atom. The molecule has 2 rings (SSSR count). The number of aliphatic hydroxyl groups is 1. The lowest BCUT2D eigenvalue weighted by Gasteiger charge is -2.20. The largest absolute Gasteiger partial charge is 0.455 e. The van der Waals surface area contributed by atoms with Gasteiger partial charge in [-0.05, 0) is 26.0 Å². The molecule has 104 valence electrons. The maximum atomic E-state index is 13.5. The molecule has 1 unspecified atom stereocenters. The molecule has 1 atom stereocenters. The van der Waals surface area contributed by atoms with Crippen LogP contribution in [0.1, 0.15) is 25.7 Å². The zero-order valence-corrected chi connectivity index (χ0v) is 10.9. The molecule has 1 N–H and O–H groups in total. The van der Waals surface area contributed by atoms with E-state index in [1.54, 1.807) is 32.0 Å². The molecule has 0 aliphatic carbocycles. The SMILES string of the molecule is CCOC(OCC)C(O)c1cc2cccc(F)c2o1. The third-order valence-corrected chi connectivity index (χ3v) is 2.73. The molecule has 19 heavy (non-hydrogen) atoms. The van der Waals surface area contributed by atoms with E-state index in [0.29, 0.717) is 18.6 Å². The predicted molar refractivity (Wildman–Crippen MR) is 68.2 cm³/mol. The van der Waals surface area contributed by atoms with Crippen molar-refractivity contribution in [1.29, 1.82) is 0 Å². The second-order valence-electron chi connectivity index (χ2n) is 4.03. The Morgan fingerprint density at radius 2 is 1.95 bits per heavy atom. The molecule has 1 aromatic carbocycles. The lowest BCUT2D eigenvalue weighted by molar-refractivity contribution is -0.195. The van der Waals surface area contributed by atoms with Crippen molar-refractivity contribution in [3.63, 3.8) is 0 Å². The minimum Gasteiger partial charge on any atom is -0.455 e. The summed E-state index contributed by atoms with van der Waals surface area (Å²) in [4.78, 5) is 0. The van der Waals surface area contributed by atoms with Crippen molar-refractivity contribution in [3.05, 3.63) is 35.8 Å². The van der Waals surface area contributed by atoms with Crippen molar-refractivity contribution in [2.45, 2.75) is 26.2 Å². The molecule has 1 aromatic heterocycles. The molecule has 0 aliphatic heterocycles. The molecule has 0 radical (unpaired) electrons. The molecule has 0 amide bonds. The number of para-hydroxylation sites is 1. The Morgan fingerprint density at radius 3 is 2.53 bits per heavy atom. The first-order valence-electron chi connectivity index (χ1n) is 6.26. The summed E-state index contributed by atoms with van der Waals surface area (Å²) >= 11 is 0. The first-order valence-corrected chi connectivity index (χ1v) is 6.26. The highest BCUT2D eigenvalue weighted by Gasteiger charge is 2.25. The van der Waals surface area contributed by atoms with Gasteiger partial charge in [0.05, 0.1) is 0 Å². The number of benzene rings is 1. The number of halogens is 1. The van der Waals surface area contributed by atoms with E-state index in [1.807, 2.05) is 0 Å². The molecule has 0 fully saturated rings. The molecule has 0 saturated carbocycles. The molecule has 0 saturated heterocycles. The average molecular weight is 268 g/mol. The van der Waals surface area contributed by atoms with Crippen LogP contribution in [0.25, 0.3) is 11.0 Å². The fraction of sp³-hybridized carbons (Fsp3) is 0.429. The van der Waals surface area contributed by atoms with Gasteiger partial charge in [-0.15, -0.1) is 0 Å². The standard InChI is InChI=1S/C14H17FO4/c1-3-17-14(18-4-2)12(16)11-8-9-6-5-7-10(15)13(9)19-11/h5-8,12,14,16H,3-4H2,1-2H3. The lowest BCUT2D eigenvalue weighted by atomic mass is 10.2.